The topological polar surface area (TPSA) is 41.6 Å². The molecule has 0 radical (unpaired) electrons. The molecular formula is C19H24N2O2. The van der Waals surface area contributed by atoms with Crippen LogP contribution in [0.4, 0.5) is 0 Å². The van der Waals surface area contributed by atoms with Gasteiger partial charge in [0.25, 0.3) is 0 Å². The van der Waals surface area contributed by atoms with Gasteiger partial charge in [-0.1, -0.05) is 42.5 Å². The highest BCUT2D eigenvalue weighted by Gasteiger charge is 2.11. The number of rotatable bonds is 7. The number of benzene rings is 2. The molecule has 2 rings (SSSR count). The summed E-state index contributed by atoms with van der Waals surface area (Å²) < 4.78 is 5.15. The second-order valence-electron chi connectivity index (χ2n) is 5.72. The van der Waals surface area contributed by atoms with Crippen LogP contribution in [0, 0.1) is 0 Å². The number of methoxy groups -OCH3 is 1. The maximum Gasteiger partial charge on any atom is 0.234 e. The highest BCUT2D eigenvalue weighted by atomic mass is 16.5. The highest BCUT2D eigenvalue weighted by Crippen LogP contribution is 2.13. The molecule has 122 valence electrons. The van der Waals surface area contributed by atoms with Crippen molar-refractivity contribution >= 4 is 5.91 Å². The van der Waals surface area contributed by atoms with E-state index in [0.29, 0.717) is 6.54 Å². The number of ether oxygens (including phenoxy) is 1. The lowest BCUT2D eigenvalue weighted by Gasteiger charge is -2.19. The van der Waals surface area contributed by atoms with Gasteiger partial charge < -0.3 is 10.1 Å². The van der Waals surface area contributed by atoms with Crippen molar-refractivity contribution in [2.24, 2.45) is 0 Å². The number of hydrogen-bond donors (Lipinski definition) is 1. The first kappa shape index (κ1) is 17.0. The number of likely N-dealkylation sites (N-methyl/N-ethyl adjacent to an activating group) is 1. The van der Waals surface area contributed by atoms with Crippen LogP contribution in [0.3, 0.4) is 0 Å². The van der Waals surface area contributed by atoms with Crippen molar-refractivity contribution in [2.75, 3.05) is 20.7 Å². The molecule has 4 heteroatoms. The molecule has 2 aromatic carbocycles. The standard InChI is InChI=1S/C19H24N2O2/c1-15(17-7-5-4-6-8-17)20-19(22)14-21(2)13-16-9-11-18(23-3)12-10-16/h4-12,15H,13-14H2,1-3H3,(H,20,22)/t15-/m1/s1. The van der Waals surface area contributed by atoms with Crippen LogP contribution >= 0.6 is 0 Å². The Balaban J connectivity index is 1.82. The van der Waals surface area contributed by atoms with E-state index in [0.717, 1.165) is 23.4 Å². The number of carbonyl (C=O) groups is 1. The van der Waals surface area contributed by atoms with Gasteiger partial charge in [0.1, 0.15) is 5.75 Å². The van der Waals surface area contributed by atoms with Crippen LogP contribution in [-0.4, -0.2) is 31.5 Å². The first-order chi connectivity index (χ1) is 11.1. The zero-order chi connectivity index (χ0) is 16.7. The third kappa shape index (κ3) is 5.42. The quantitative estimate of drug-likeness (QED) is 0.854. The summed E-state index contributed by atoms with van der Waals surface area (Å²) in [7, 11) is 3.59. The molecule has 0 saturated carbocycles. The van der Waals surface area contributed by atoms with E-state index in [1.165, 1.54) is 0 Å². The molecule has 1 atom stereocenters. The molecule has 0 unspecified atom stereocenters. The van der Waals surface area contributed by atoms with Gasteiger partial charge in [0.05, 0.1) is 19.7 Å². The van der Waals surface area contributed by atoms with Gasteiger partial charge in [-0.2, -0.15) is 0 Å². The lowest BCUT2D eigenvalue weighted by molar-refractivity contribution is -0.122. The summed E-state index contributed by atoms with van der Waals surface area (Å²) in [6, 6.07) is 17.9. The Hall–Kier alpha value is -2.33. The summed E-state index contributed by atoms with van der Waals surface area (Å²) in [6.45, 7) is 3.08. The lowest BCUT2D eigenvalue weighted by Crippen LogP contribution is -2.36. The Morgan fingerprint density at radius 3 is 2.39 bits per heavy atom. The second-order valence-corrected chi connectivity index (χ2v) is 5.72. The van der Waals surface area contributed by atoms with E-state index >= 15 is 0 Å². The maximum absolute atomic E-state index is 12.2. The summed E-state index contributed by atoms with van der Waals surface area (Å²) in [6.07, 6.45) is 0. The van der Waals surface area contributed by atoms with Crippen molar-refractivity contribution in [1.29, 1.82) is 0 Å². The van der Waals surface area contributed by atoms with E-state index in [1.807, 2.05) is 73.5 Å². The Kier molecular flexibility index (Phi) is 6.18. The number of hydrogen-bond acceptors (Lipinski definition) is 3. The van der Waals surface area contributed by atoms with Crippen molar-refractivity contribution in [1.82, 2.24) is 10.2 Å². The van der Waals surface area contributed by atoms with E-state index in [2.05, 4.69) is 5.32 Å². The lowest BCUT2D eigenvalue weighted by atomic mass is 10.1. The first-order valence-electron chi connectivity index (χ1n) is 7.74. The average Bonchev–Trinajstić information content (AvgIpc) is 2.56. The third-order valence-corrected chi connectivity index (χ3v) is 3.70. The SMILES string of the molecule is COc1ccc(CN(C)CC(=O)N[C@H](C)c2ccccc2)cc1. The molecule has 0 fully saturated rings. The summed E-state index contributed by atoms with van der Waals surface area (Å²) >= 11 is 0. The first-order valence-corrected chi connectivity index (χ1v) is 7.74. The molecule has 1 amide bonds. The van der Waals surface area contributed by atoms with Crippen LogP contribution in [0.1, 0.15) is 24.1 Å². The third-order valence-electron chi connectivity index (χ3n) is 3.70. The minimum Gasteiger partial charge on any atom is -0.497 e. The molecule has 0 spiro atoms. The number of nitrogens with zero attached hydrogens (tertiary/aromatic N) is 1. The predicted molar refractivity (Wildman–Crippen MR) is 92.3 cm³/mol. The monoisotopic (exact) mass is 312 g/mol. The Morgan fingerprint density at radius 1 is 1.13 bits per heavy atom. The molecule has 1 N–H and O–H groups in total. The molecule has 2 aromatic rings. The van der Waals surface area contributed by atoms with Crippen LogP contribution in [0.15, 0.2) is 54.6 Å². The maximum atomic E-state index is 12.2. The van der Waals surface area contributed by atoms with E-state index in [-0.39, 0.29) is 11.9 Å². The van der Waals surface area contributed by atoms with Crippen molar-refractivity contribution in [2.45, 2.75) is 19.5 Å². The number of nitrogens with one attached hydrogen (secondary N) is 1. The minimum atomic E-state index is 0.0121. The van der Waals surface area contributed by atoms with Gasteiger partial charge in [-0.25, -0.2) is 0 Å². The van der Waals surface area contributed by atoms with E-state index in [9.17, 15) is 4.79 Å². The summed E-state index contributed by atoms with van der Waals surface area (Å²) in [5.74, 6) is 0.864. The smallest absolute Gasteiger partial charge is 0.234 e. The molecule has 23 heavy (non-hydrogen) atoms. The second kappa shape index (κ2) is 8.34. The van der Waals surface area contributed by atoms with Crippen LogP contribution in [0.2, 0.25) is 0 Å². The fourth-order valence-corrected chi connectivity index (χ4v) is 2.46. The van der Waals surface area contributed by atoms with Crippen LogP contribution < -0.4 is 10.1 Å². The zero-order valence-corrected chi connectivity index (χ0v) is 14.0. The van der Waals surface area contributed by atoms with E-state index < -0.39 is 0 Å². The number of amides is 1. The van der Waals surface area contributed by atoms with E-state index in [1.54, 1.807) is 7.11 Å². The zero-order valence-electron chi connectivity index (χ0n) is 14.0. The van der Waals surface area contributed by atoms with Crippen molar-refractivity contribution in [3.63, 3.8) is 0 Å². The van der Waals surface area contributed by atoms with Gasteiger partial charge >= 0.3 is 0 Å². The molecule has 0 bridgehead atoms. The van der Waals surface area contributed by atoms with Gasteiger partial charge in [-0.05, 0) is 37.2 Å². The summed E-state index contributed by atoms with van der Waals surface area (Å²) in [5.41, 5.74) is 2.26. The predicted octanol–water partition coefficient (Wildman–Crippen LogP) is 3.00. The number of carbonyl (C=O) groups excluding carboxylic acids is 1. The highest BCUT2D eigenvalue weighted by molar-refractivity contribution is 5.78. The Bertz CT molecular complexity index is 611. The molecule has 0 aliphatic carbocycles. The average molecular weight is 312 g/mol. The molecule has 0 aromatic heterocycles. The van der Waals surface area contributed by atoms with Crippen LogP contribution in [0.5, 0.6) is 5.75 Å². The molecule has 0 aliphatic rings. The van der Waals surface area contributed by atoms with Crippen molar-refractivity contribution in [3.05, 3.63) is 65.7 Å². The summed E-state index contributed by atoms with van der Waals surface area (Å²) in [5, 5.41) is 3.03. The van der Waals surface area contributed by atoms with Gasteiger partial charge in [-0.15, -0.1) is 0 Å². The molecule has 4 nitrogen and oxygen atoms in total. The molecule has 0 heterocycles. The van der Waals surface area contributed by atoms with Crippen molar-refractivity contribution < 1.29 is 9.53 Å². The molecule has 0 saturated heterocycles. The van der Waals surface area contributed by atoms with Gasteiger partial charge in [-0.3, -0.25) is 9.69 Å². The van der Waals surface area contributed by atoms with Crippen molar-refractivity contribution in [3.8, 4) is 5.75 Å². The Morgan fingerprint density at radius 2 is 1.78 bits per heavy atom. The van der Waals surface area contributed by atoms with Gasteiger partial charge in [0.15, 0.2) is 0 Å². The Labute approximate surface area is 138 Å². The van der Waals surface area contributed by atoms with Gasteiger partial charge in [0, 0.05) is 6.54 Å². The fourth-order valence-electron chi connectivity index (χ4n) is 2.46. The molecule has 0 aliphatic heterocycles. The molecular weight excluding hydrogens is 288 g/mol. The summed E-state index contributed by atoms with van der Waals surface area (Å²) in [4.78, 5) is 14.1. The fraction of sp³-hybridized carbons (Fsp3) is 0.316. The van der Waals surface area contributed by atoms with Crippen LogP contribution in [0.25, 0.3) is 0 Å². The van der Waals surface area contributed by atoms with E-state index in [4.69, 9.17) is 4.74 Å². The minimum absolute atomic E-state index is 0.0121. The largest absolute Gasteiger partial charge is 0.497 e. The normalized spacial score (nSPS) is 12.0. The van der Waals surface area contributed by atoms with Crippen LogP contribution in [-0.2, 0) is 11.3 Å². The van der Waals surface area contributed by atoms with Gasteiger partial charge in [0.2, 0.25) is 5.91 Å².